The molecule has 33 heavy (non-hydrogen) atoms. The van der Waals surface area contributed by atoms with Gasteiger partial charge in [0.15, 0.2) is 0 Å². The molecule has 0 bridgehead atoms. The summed E-state index contributed by atoms with van der Waals surface area (Å²) < 4.78 is 11.0. The number of carboxylic acid groups (broad SMARTS) is 1. The monoisotopic (exact) mass is 469 g/mol. The van der Waals surface area contributed by atoms with Crippen LogP contribution in [0.15, 0.2) is 48.0 Å². The lowest BCUT2D eigenvalue weighted by Crippen LogP contribution is -2.53. The Bertz CT molecular complexity index is 1040. The number of hydrogen-bond donors (Lipinski definition) is 1. The Morgan fingerprint density at radius 1 is 1.15 bits per heavy atom. The van der Waals surface area contributed by atoms with Crippen LogP contribution in [0.3, 0.4) is 0 Å². The second kappa shape index (κ2) is 9.78. The first-order valence-corrected chi connectivity index (χ1v) is 11.9. The summed E-state index contributed by atoms with van der Waals surface area (Å²) in [5.74, 6) is 0.922. The lowest BCUT2D eigenvalue weighted by Gasteiger charge is -2.39. The van der Waals surface area contributed by atoms with Crippen molar-refractivity contribution in [1.29, 1.82) is 0 Å². The second-order valence-electron chi connectivity index (χ2n) is 10.0. The molecule has 0 radical (unpaired) electrons. The Balaban J connectivity index is 1.34. The molecule has 2 aliphatic rings. The van der Waals surface area contributed by atoms with Gasteiger partial charge in [-0.15, -0.1) is 0 Å². The zero-order valence-electron chi connectivity index (χ0n) is 19.6. The Labute approximate surface area is 201 Å². The van der Waals surface area contributed by atoms with Crippen molar-refractivity contribution in [3.63, 3.8) is 0 Å². The summed E-state index contributed by atoms with van der Waals surface area (Å²) in [6, 6.07) is 14.5. The van der Waals surface area contributed by atoms with E-state index in [0.717, 1.165) is 36.6 Å². The number of halogens is 1. The van der Waals surface area contributed by atoms with E-state index in [1.165, 1.54) is 27.8 Å². The minimum absolute atomic E-state index is 0.00610. The number of allylic oxidation sites excluding steroid dienone is 1. The normalized spacial score (nSPS) is 16.8. The summed E-state index contributed by atoms with van der Waals surface area (Å²) in [5, 5.41) is 9.48. The standard InChI is InChI=1S/C27H32ClNO4/c1-18-21(14-29-15-24(16-29)33-26(30)31)7-6-20-12-23(10-11-25(18)20)32-17-27(2,3)13-19-4-8-22(28)9-5-19/h4-5,8-12,24H,6-7,13-17H2,1-3H3,(H,30,31). The minimum atomic E-state index is -1.19. The lowest BCUT2D eigenvalue weighted by molar-refractivity contribution is -0.0292. The van der Waals surface area contributed by atoms with Crippen LogP contribution >= 0.6 is 11.6 Å². The predicted octanol–water partition coefficient (Wildman–Crippen LogP) is 6.09. The molecule has 5 nitrogen and oxygen atoms in total. The van der Waals surface area contributed by atoms with Gasteiger partial charge in [0.25, 0.3) is 0 Å². The van der Waals surface area contributed by atoms with Crippen molar-refractivity contribution in [2.75, 3.05) is 26.2 Å². The number of nitrogens with zero attached hydrogens (tertiary/aromatic N) is 1. The van der Waals surface area contributed by atoms with Gasteiger partial charge in [-0.1, -0.05) is 49.2 Å². The highest BCUT2D eigenvalue weighted by Gasteiger charge is 2.31. The number of likely N-dealkylation sites (tertiary alicyclic amines) is 1. The number of benzene rings is 2. The van der Waals surface area contributed by atoms with Gasteiger partial charge in [-0.3, -0.25) is 4.90 Å². The average molecular weight is 470 g/mol. The van der Waals surface area contributed by atoms with Crippen LogP contribution in [0.25, 0.3) is 5.57 Å². The van der Waals surface area contributed by atoms with Crippen LogP contribution < -0.4 is 4.74 Å². The topological polar surface area (TPSA) is 59.0 Å². The first-order valence-electron chi connectivity index (χ1n) is 11.5. The number of rotatable bonds is 8. The van der Waals surface area contributed by atoms with Gasteiger partial charge in [0.1, 0.15) is 11.9 Å². The third-order valence-electron chi connectivity index (χ3n) is 6.54. The highest BCUT2D eigenvalue weighted by Crippen LogP contribution is 2.35. The Kier molecular flexibility index (Phi) is 7.01. The van der Waals surface area contributed by atoms with Gasteiger partial charge in [-0.05, 0) is 72.7 Å². The van der Waals surface area contributed by atoms with Crippen LogP contribution in [-0.4, -0.2) is 48.5 Å². The quantitative estimate of drug-likeness (QED) is 0.474. The van der Waals surface area contributed by atoms with Gasteiger partial charge >= 0.3 is 6.16 Å². The Morgan fingerprint density at radius 2 is 1.88 bits per heavy atom. The summed E-state index contributed by atoms with van der Waals surface area (Å²) in [4.78, 5) is 12.9. The largest absolute Gasteiger partial charge is 0.506 e. The van der Waals surface area contributed by atoms with Crippen LogP contribution in [0.5, 0.6) is 5.75 Å². The molecule has 176 valence electrons. The van der Waals surface area contributed by atoms with E-state index in [-0.39, 0.29) is 11.5 Å². The molecule has 0 atom stereocenters. The maximum Gasteiger partial charge on any atom is 0.506 e. The third kappa shape index (κ3) is 6.10. The van der Waals surface area contributed by atoms with E-state index in [1.807, 2.05) is 12.1 Å². The minimum Gasteiger partial charge on any atom is -0.493 e. The average Bonchev–Trinajstić information content (AvgIpc) is 2.73. The third-order valence-corrected chi connectivity index (χ3v) is 6.79. The number of carbonyl (C=O) groups is 1. The molecule has 6 heteroatoms. The molecule has 1 aliphatic heterocycles. The number of ether oxygens (including phenoxy) is 2. The molecular formula is C27H32ClNO4. The molecule has 1 heterocycles. The summed E-state index contributed by atoms with van der Waals surface area (Å²) in [7, 11) is 0. The Morgan fingerprint density at radius 3 is 2.58 bits per heavy atom. The van der Waals surface area contributed by atoms with E-state index in [1.54, 1.807) is 0 Å². The molecule has 1 aliphatic carbocycles. The highest BCUT2D eigenvalue weighted by molar-refractivity contribution is 6.30. The first kappa shape index (κ1) is 23.7. The van der Waals surface area contributed by atoms with Crippen molar-refractivity contribution < 1.29 is 19.4 Å². The fourth-order valence-corrected chi connectivity index (χ4v) is 4.84. The van der Waals surface area contributed by atoms with Crippen LogP contribution in [0, 0.1) is 5.41 Å². The molecular weight excluding hydrogens is 438 g/mol. The predicted molar refractivity (Wildman–Crippen MR) is 131 cm³/mol. The van der Waals surface area contributed by atoms with Crippen molar-refractivity contribution in [1.82, 2.24) is 4.90 Å². The van der Waals surface area contributed by atoms with Gasteiger partial charge in [-0.25, -0.2) is 4.79 Å². The molecule has 0 saturated carbocycles. The molecule has 4 rings (SSSR count). The SMILES string of the molecule is CC1=C(CN2CC(OC(=O)O)C2)CCc2cc(OCC(C)(C)Cc3ccc(Cl)cc3)ccc21. The van der Waals surface area contributed by atoms with Gasteiger partial charge in [-0.2, -0.15) is 0 Å². The van der Waals surface area contributed by atoms with Crippen molar-refractivity contribution in [2.24, 2.45) is 5.41 Å². The van der Waals surface area contributed by atoms with E-state index in [0.29, 0.717) is 19.7 Å². The fourth-order valence-electron chi connectivity index (χ4n) is 4.72. The van der Waals surface area contributed by atoms with E-state index in [2.05, 4.69) is 56.0 Å². The molecule has 2 aromatic carbocycles. The lowest BCUT2D eigenvalue weighted by atomic mass is 9.85. The highest BCUT2D eigenvalue weighted by atomic mass is 35.5. The number of aryl methyl sites for hydroxylation is 1. The molecule has 0 unspecified atom stereocenters. The van der Waals surface area contributed by atoms with Crippen molar-refractivity contribution in [3.8, 4) is 5.75 Å². The van der Waals surface area contributed by atoms with Gasteiger partial charge in [0.05, 0.1) is 6.61 Å². The summed E-state index contributed by atoms with van der Waals surface area (Å²) in [6.45, 7) is 9.50. The van der Waals surface area contributed by atoms with Crippen LogP contribution in [0.1, 0.15) is 43.9 Å². The fraction of sp³-hybridized carbons (Fsp3) is 0.444. The van der Waals surface area contributed by atoms with E-state index in [4.69, 9.17) is 26.2 Å². The van der Waals surface area contributed by atoms with E-state index < -0.39 is 6.16 Å². The van der Waals surface area contributed by atoms with Crippen LogP contribution in [0.4, 0.5) is 4.79 Å². The summed E-state index contributed by atoms with van der Waals surface area (Å²) >= 11 is 6.00. The molecule has 0 spiro atoms. The van der Waals surface area contributed by atoms with Crippen molar-refractivity contribution >= 4 is 23.3 Å². The molecule has 1 fully saturated rings. The van der Waals surface area contributed by atoms with Gasteiger partial charge in [0, 0.05) is 30.1 Å². The number of fused-ring (bicyclic) bond motifs is 1. The molecule has 0 aromatic heterocycles. The Hall–Kier alpha value is -2.50. The van der Waals surface area contributed by atoms with Gasteiger partial charge < -0.3 is 14.6 Å². The van der Waals surface area contributed by atoms with E-state index in [9.17, 15) is 4.79 Å². The number of hydrogen-bond acceptors (Lipinski definition) is 4. The molecule has 2 aromatic rings. The zero-order chi connectivity index (χ0) is 23.6. The van der Waals surface area contributed by atoms with E-state index >= 15 is 0 Å². The van der Waals surface area contributed by atoms with Crippen LogP contribution in [-0.2, 0) is 17.6 Å². The maximum absolute atomic E-state index is 10.6. The smallest absolute Gasteiger partial charge is 0.493 e. The first-order chi connectivity index (χ1) is 15.7. The van der Waals surface area contributed by atoms with Crippen LogP contribution in [0.2, 0.25) is 5.02 Å². The van der Waals surface area contributed by atoms with Crippen molar-refractivity contribution in [3.05, 3.63) is 69.8 Å². The molecule has 0 amide bonds. The molecule has 1 N–H and O–H groups in total. The van der Waals surface area contributed by atoms with Crippen molar-refractivity contribution in [2.45, 2.75) is 46.1 Å². The zero-order valence-corrected chi connectivity index (χ0v) is 20.3. The van der Waals surface area contributed by atoms with Gasteiger partial charge in [0.2, 0.25) is 0 Å². The summed E-state index contributed by atoms with van der Waals surface area (Å²) in [5.41, 5.74) is 6.65. The second-order valence-corrected chi connectivity index (χ2v) is 10.4. The summed E-state index contributed by atoms with van der Waals surface area (Å²) in [6.07, 6.45) is 1.56. The molecule has 1 saturated heterocycles. The maximum atomic E-state index is 10.6.